The van der Waals surface area contributed by atoms with Crippen LogP contribution in [0.5, 0.6) is 0 Å². The van der Waals surface area contributed by atoms with Crippen LogP contribution in [0.4, 0.5) is 0 Å². The molecule has 0 rings (SSSR count). The molecule has 0 spiro atoms. The molecule has 3 nitrogen and oxygen atoms in total. The molecule has 0 aromatic rings. The molecule has 1 unspecified atom stereocenters. The van der Waals surface area contributed by atoms with Crippen molar-refractivity contribution in [3.63, 3.8) is 0 Å². The molecule has 0 aromatic carbocycles. The number of unbranched alkanes of at least 4 members (excludes halogenated alkanes) is 13. The summed E-state index contributed by atoms with van der Waals surface area (Å²) in [6.07, 6.45) is 21.3. The number of hydrogen-bond acceptors (Lipinski definition) is 2. The highest BCUT2D eigenvalue weighted by molar-refractivity contribution is 5.73. The molecule has 0 saturated heterocycles. The molecule has 27 heavy (non-hydrogen) atoms. The first-order valence-electron chi connectivity index (χ1n) is 12.0. The lowest BCUT2D eigenvalue weighted by Gasteiger charge is -2.14. The second kappa shape index (κ2) is 20.2. The van der Waals surface area contributed by atoms with Gasteiger partial charge in [-0.15, -0.1) is 0 Å². The third-order valence-electron chi connectivity index (χ3n) is 5.49. The Kier molecular flexibility index (Phi) is 19.7. The van der Waals surface area contributed by atoms with E-state index in [1.54, 1.807) is 0 Å². The maximum absolute atomic E-state index is 11.4. The molecule has 2 N–H and O–H groups in total. The monoisotopic (exact) mass is 383 g/mol. The molecule has 3 heteroatoms. The third-order valence-corrected chi connectivity index (χ3v) is 5.49. The second-order valence-corrected chi connectivity index (χ2v) is 8.77. The molecule has 0 saturated carbocycles. The van der Waals surface area contributed by atoms with Crippen LogP contribution in [0.25, 0.3) is 0 Å². The van der Waals surface area contributed by atoms with Crippen molar-refractivity contribution in [2.24, 2.45) is 5.92 Å². The quantitative estimate of drug-likeness (QED) is 0.204. The number of aliphatic carboxylic acids is 1. The lowest BCUT2D eigenvalue weighted by molar-refractivity contribution is -0.139. The van der Waals surface area contributed by atoms with Gasteiger partial charge in [-0.1, -0.05) is 117 Å². The molecule has 162 valence electrons. The van der Waals surface area contributed by atoms with Gasteiger partial charge in [0.15, 0.2) is 0 Å². The van der Waals surface area contributed by atoms with E-state index in [9.17, 15) is 9.90 Å². The first kappa shape index (κ1) is 26.4. The van der Waals surface area contributed by atoms with Gasteiger partial charge in [-0.25, -0.2) is 0 Å². The van der Waals surface area contributed by atoms with Gasteiger partial charge in [-0.3, -0.25) is 4.79 Å². The van der Waals surface area contributed by atoms with Crippen LogP contribution in [0.15, 0.2) is 0 Å². The van der Waals surface area contributed by atoms with Crippen LogP contribution in [-0.2, 0) is 4.79 Å². The van der Waals surface area contributed by atoms with Crippen molar-refractivity contribution in [2.45, 2.75) is 136 Å². The average molecular weight is 384 g/mol. The Morgan fingerprint density at radius 3 is 1.63 bits per heavy atom. The number of nitrogens with one attached hydrogen (secondary N) is 1. The van der Waals surface area contributed by atoms with Crippen LogP contribution < -0.4 is 5.32 Å². The number of carboxylic acid groups (broad SMARTS) is 1. The van der Waals surface area contributed by atoms with E-state index in [1.807, 2.05) is 0 Å². The van der Waals surface area contributed by atoms with Crippen molar-refractivity contribution in [1.82, 2.24) is 5.32 Å². The molecular formula is C24H49NO2. The van der Waals surface area contributed by atoms with Gasteiger partial charge in [0, 0.05) is 0 Å². The van der Waals surface area contributed by atoms with Gasteiger partial charge in [0.2, 0.25) is 0 Å². The van der Waals surface area contributed by atoms with Gasteiger partial charge in [0.1, 0.15) is 6.04 Å². The zero-order chi connectivity index (χ0) is 20.2. The van der Waals surface area contributed by atoms with E-state index < -0.39 is 5.97 Å². The Labute approximate surface area is 170 Å². The van der Waals surface area contributed by atoms with Crippen LogP contribution in [0, 0.1) is 5.92 Å². The number of hydrogen-bond donors (Lipinski definition) is 2. The van der Waals surface area contributed by atoms with E-state index in [-0.39, 0.29) is 6.04 Å². The lowest BCUT2D eigenvalue weighted by atomic mass is 10.0. The Hall–Kier alpha value is -0.570. The number of carboxylic acids is 1. The average Bonchev–Trinajstić information content (AvgIpc) is 2.63. The highest BCUT2D eigenvalue weighted by Gasteiger charge is 2.15. The van der Waals surface area contributed by atoms with Crippen molar-refractivity contribution in [3.8, 4) is 0 Å². The Morgan fingerprint density at radius 1 is 0.704 bits per heavy atom. The van der Waals surface area contributed by atoms with Crippen molar-refractivity contribution < 1.29 is 9.90 Å². The van der Waals surface area contributed by atoms with Gasteiger partial charge in [0.05, 0.1) is 0 Å². The van der Waals surface area contributed by atoms with Crippen molar-refractivity contribution >= 4 is 5.97 Å². The highest BCUT2D eigenvalue weighted by atomic mass is 16.4. The summed E-state index contributed by atoms with van der Waals surface area (Å²) in [6.45, 7) is 7.69. The zero-order valence-corrected chi connectivity index (χ0v) is 18.7. The minimum Gasteiger partial charge on any atom is -0.480 e. The summed E-state index contributed by atoms with van der Waals surface area (Å²) >= 11 is 0. The fourth-order valence-electron chi connectivity index (χ4n) is 3.63. The first-order valence-corrected chi connectivity index (χ1v) is 12.0. The highest BCUT2D eigenvalue weighted by Crippen LogP contribution is 2.13. The van der Waals surface area contributed by atoms with E-state index in [4.69, 9.17) is 0 Å². The molecule has 0 aliphatic carbocycles. The number of rotatable bonds is 21. The van der Waals surface area contributed by atoms with Gasteiger partial charge >= 0.3 is 5.97 Å². The van der Waals surface area contributed by atoms with E-state index in [1.165, 1.54) is 89.9 Å². The largest absolute Gasteiger partial charge is 0.480 e. The summed E-state index contributed by atoms with van der Waals surface area (Å²) in [7, 11) is 0. The van der Waals surface area contributed by atoms with Crippen molar-refractivity contribution in [1.29, 1.82) is 0 Å². The molecule has 0 radical (unpaired) electrons. The van der Waals surface area contributed by atoms with Gasteiger partial charge < -0.3 is 10.4 Å². The predicted molar refractivity (Wildman–Crippen MR) is 118 cm³/mol. The van der Waals surface area contributed by atoms with Crippen molar-refractivity contribution in [2.75, 3.05) is 6.54 Å². The van der Waals surface area contributed by atoms with E-state index in [0.29, 0.717) is 0 Å². The summed E-state index contributed by atoms with van der Waals surface area (Å²) in [6, 6.07) is -0.346. The van der Waals surface area contributed by atoms with Gasteiger partial charge in [0.25, 0.3) is 0 Å². The Balaban J connectivity index is 3.45. The molecule has 0 bridgehead atoms. The van der Waals surface area contributed by atoms with Gasteiger partial charge in [-0.05, 0) is 25.3 Å². The van der Waals surface area contributed by atoms with Crippen molar-refractivity contribution in [3.05, 3.63) is 0 Å². The summed E-state index contributed by atoms with van der Waals surface area (Å²) in [5.41, 5.74) is 0. The molecule has 0 aromatic heterocycles. The van der Waals surface area contributed by atoms with Crippen LogP contribution in [0.3, 0.4) is 0 Å². The molecule has 0 aliphatic heterocycles. The second-order valence-electron chi connectivity index (χ2n) is 8.77. The number of carbonyl (C=O) groups is 1. The smallest absolute Gasteiger partial charge is 0.320 e. The fraction of sp³-hybridized carbons (Fsp3) is 0.958. The molecule has 0 aliphatic rings. The summed E-state index contributed by atoms with van der Waals surface area (Å²) in [5.74, 6) is 0.167. The maximum Gasteiger partial charge on any atom is 0.320 e. The topological polar surface area (TPSA) is 49.3 Å². The van der Waals surface area contributed by atoms with E-state index >= 15 is 0 Å². The minimum atomic E-state index is -0.678. The summed E-state index contributed by atoms with van der Waals surface area (Å²) in [4.78, 5) is 11.4. The minimum absolute atomic E-state index is 0.346. The molecular weight excluding hydrogens is 334 g/mol. The third kappa shape index (κ3) is 20.0. The molecule has 1 atom stereocenters. The SMILES string of the molecule is CCCCCCCCCC(NCCCCCCCCCCC(C)C)C(=O)O. The van der Waals surface area contributed by atoms with Crippen LogP contribution in [0.2, 0.25) is 0 Å². The first-order chi connectivity index (χ1) is 13.1. The Bertz CT molecular complexity index is 318. The predicted octanol–water partition coefficient (Wildman–Crippen LogP) is 7.34. The molecule has 0 amide bonds. The van der Waals surface area contributed by atoms with Crippen LogP contribution >= 0.6 is 0 Å². The van der Waals surface area contributed by atoms with Crippen LogP contribution in [-0.4, -0.2) is 23.7 Å². The van der Waals surface area contributed by atoms with Gasteiger partial charge in [-0.2, -0.15) is 0 Å². The van der Waals surface area contributed by atoms with E-state index in [0.717, 1.165) is 31.7 Å². The standard InChI is InChI=1S/C24H49NO2/c1-4-5-6-7-10-14-17-20-23(24(26)27)25-21-18-15-12-9-8-11-13-16-19-22(2)3/h22-23,25H,4-21H2,1-3H3,(H,26,27). The van der Waals surface area contributed by atoms with Crippen LogP contribution in [0.1, 0.15) is 130 Å². The zero-order valence-electron chi connectivity index (χ0n) is 18.7. The summed E-state index contributed by atoms with van der Waals surface area (Å²) in [5, 5.41) is 12.6. The van der Waals surface area contributed by atoms with E-state index in [2.05, 4.69) is 26.1 Å². The Morgan fingerprint density at radius 2 is 1.15 bits per heavy atom. The molecule has 0 fully saturated rings. The fourth-order valence-corrected chi connectivity index (χ4v) is 3.63. The maximum atomic E-state index is 11.4. The molecule has 0 heterocycles. The normalized spacial score (nSPS) is 12.6. The lowest BCUT2D eigenvalue weighted by Crippen LogP contribution is -2.37. The summed E-state index contributed by atoms with van der Waals surface area (Å²) < 4.78 is 0.